The maximum atomic E-state index is 10.3. The molecular weight excluding hydrogens is 120 g/mol. The fraction of sp³-hybridized carbons (Fsp3) is 0.667. The van der Waals surface area contributed by atoms with E-state index in [1.165, 1.54) is 0 Å². The Bertz CT molecular complexity index is 80.6. The zero-order valence-corrected chi connectivity index (χ0v) is 5.95. The summed E-state index contributed by atoms with van der Waals surface area (Å²) < 4.78 is 0. The van der Waals surface area contributed by atoms with Crippen LogP contribution in [0.15, 0.2) is 12.3 Å². The van der Waals surface area contributed by atoms with E-state index in [-0.39, 0.29) is 11.0 Å². The van der Waals surface area contributed by atoms with Crippen molar-refractivity contribution in [3.05, 3.63) is 12.3 Å². The maximum absolute atomic E-state index is 10.3. The lowest BCUT2D eigenvalue weighted by atomic mass is 10.2. The number of hydrogen-bond donors (Lipinski definition) is 1. The molecule has 0 aromatic carbocycles. The minimum absolute atomic E-state index is 0.0739. The molecule has 48 valence electrons. The van der Waals surface area contributed by atoms with E-state index in [2.05, 4.69) is 19.2 Å². The van der Waals surface area contributed by atoms with Gasteiger partial charge in [0.05, 0.1) is 0 Å². The molecule has 0 N–H and O–H groups in total. The summed E-state index contributed by atoms with van der Waals surface area (Å²) in [5, 5.41) is 10.2. The van der Waals surface area contributed by atoms with Crippen LogP contribution < -0.4 is 5.11 Å². The molecule has 0 aliphatic heterocycles. The summed E-state index contributed by atoms with van der Waals surface area (Å²) in [4.78, 5) is 0. The van der Waals surface area contributed by atoms with Crippen molar-refractivity contribution in [1.29, 1.82) is 0 Å². The minimum atomic E-state index is -0.139. The summed E-state index contributed by atoms with van der Waals surface area (Å²) in [5.74, 6) is -0.0739. The van der Waals surface area contributed by atoms with Crippen LogP contribution in [0.4, 0.5) is 0 Å². The van der Waals surface area contributed by atoms with Crippen LogP contribution in [0.25, 0.3) is 0 Å². The first-order valence-electron chi connectivity index (χ1n) is 2.72. The minimum Gasteiger partial charge on any atom is -0.875 e. The van der Waals surface area contributed by atoms with Crippen molar-refractivity contribution < 1.29 is 5.11 Å². The van der Waals surface area contributed by atoms with Gasteiger partial charge in [-0.25, -0.2) is 0 Å². The average molecular weight is 131 g/mol. The van der Waals surface area contributed by atoms with Crippen molar-refractivity contribution in [2.24, 2.45) is 0 Å². The maximum Gasteiger partial charge on any atom is 0.0120 e. The van der Waals surface area contributed by atoms with Crippen LogP contribution in [0.3, 0.4) is 0 Å². The lowest BCUT2D eigenvalue weighted by Gasteiger charge is -2.15. The third-order valence-electron chi connectivity index (χ3n) is 0.934. The van der Waals surface area contributed by atoms with Crippen molar-refractivity contribution in [3.8, 4) is 0 Å². The molecule has 0 rings (SSSR count). The molecule has 0 heterocycles. The monoisotopic (exact) mass is 131 g/mol. The fourth-order valence-electron chi connectivity index (χ4n) is 0.434. The second-order valence-electron chi connectivity index (χ2n) is 1.77. The molecule has 1 atom stereocenters. The van der Waals surface area contributed by atoms with E-state index in [1.807, 2.05) is 6.92 Å². The highest BCUT2D eigenvalue weighted by atomic mass is 32.1. The highest BCUT2D eigenvalue weighted by Crippen LogP contribution is 2.07. The van der Waals surface area contributed by atoms with Crippen LogP contribution >= 0.6 is 12.6 Å². The average Bonchev–Trinajstić information content (AvgIpc) is 1.67. The smallest absolute Gasteiger partial charge is 0.0120 e. The summed E-state index contributed by atoms with van der Waals surface area (Å²) in [6.45, 7) is 5.26. The van der Waals surface area contributed by atoms with Crippen LogP contribution in [0, 0.1) is 0 Å². The number of rotatable bonds is 3. The van der Waals surface area contributed by atoms with Gasteiger partial charge < -0.3 is 5.11 Å². The lowest BCUT2D eigenvalue weighted by molar-refractivity contribution is -0.304. The van der Waals surface area contributed by atoms with Gasteiger partial charge in [0.15, 0.2) is 0 Å². The molecule has 1 nitrogen and oxygen atoms in total. The molecule has 0 spiro atoms. The molecular formula is C6H11OS-. The molecule has 0 fully saturated rings. The van der Waals surface area contributed by atoms with Gasteiger partial charge in [-0.15, -0.1) is 12.3 Å². The molecule has 0 radical (unpaired) electrons. The summed E-state index contributed by atoms with van der Waals surface area (Å²) in [5.41, 5.74) is 0. The standard InChI is InChI=1S/C6H12OS/c1-3-4-6(8)5(2)7/h6-8H,2-4H2,1H3/p-1. The first kappa shape index (κ1) is 7.89. The molecule has 0 saturated carbocycles. The Morgan fingerprint density at radius 1 is 1.88 bits per heavy atom. The Balaban J connectivity index is 3.32. The molecule has 0 amide bonds. The van der Waals surface area contributed by atoms with Gasteiger partial charge in [0.25, 0.3) is 0 Å². The van der Waals surface area contributed by atoms with E-state index in [9.17, 15) is 5.11 Å². The predicted molar refractivity (Wildman–Crippen MR) is 36.8 cm³/mol. The summed E-state index contributed by atoms with van der Waals surface area (Å²) in [6, 6.07) is 0. The lowest BCUT2D eigenvalue weighted by Crippen LogP contribution is -2.13. The fourth-order valence-corrected chi connectivity index (χ4v) is 0.693. The Labute approximate surface area is 55.8 Å². The molecule has 0 aliphatic rings. The number of hydrogen-bond acceptors (Lipinski definition) is 2. The van der Waals surface area contributed by atoms with E-state index in [0.29, 0.717) is 0 Å². The van der Waals surface area contributed by atoms with E-state index in [4.69, 9.17) is 0 Å². The second kappa shape index (κ2) is 3.84. The van der Waals surface area contributed by atoms with Gasteiger partial charge in [0.2, 0.25) is 0 Å². The topological polar surface area (TPSA) is 23.1 Å². The van der Waals surface area contributed by atoms with Crippen LogP contribution in [0.5, 0.6) is 0 Å². The molecule has 0 bridgehead atoms. The summed E-state index contributed by atoms with van der Waals surface area (Å²) in [6.07, 6.45) is 1.83. The first-order chi connectivity index (χ1) is 3.68. The van der Waals surface area contributed by atoms with Crippen LogP contribution in [0.1, 0.15) is 19.8 Å². The molecule has 0 aromatic heterocycles. The van der Waals surface area contributed by atoms with Gasteiger partial charge in [0, 0.05) is 5.25 Å². The van der Waals surface area contributed by atoms with Gasteiger partial charge in [-0.2, -0.15) is 12.6 Å². The van der Waals surface area contributed by atoms with Gasteiger partial charge in [-0.3, -0.25) is 0 Å². The van der Waals surface area contributed by atoms with Crippen molar-refractivity contribution >= 4 is 12.6 Å². The zero-order valence-electron chi connectivity index (χ0n) is 5.05. The Morgan fingerprint density at radius 2 is 2.38 bits per heavy atom. The van der Waals surface area contributed by atoms with Crippen LogP contribution in [-0.4, -0.2) is 5.25 Å². The largest absolute Gasteiger partial charge is 0.875 e. The summed E-state index contributed by atoms with van der Waals surface area (Å²) >= 11 is 3.99. The van der Waals surface area contributed by atoms with E-state index in [1.54, 1.807) is 0 Å². The summed E-state index contributed by atoms with van der Waals surface area (Å²) in [7, 11) is 0. The molecule has 2 heteroatoms. The van der Waals surface area contributed by atoms with E-state index >= 15 is 0 Å². The van der Waals surface area contributed by atoms with Gasteiger partial charge in [-0.05, 0) is 6.42 Å². The molecule has 0 saturated heterocycles. The SMILES string of the molecule is C=C([O-])C(S)CCC. The molecule has 1 unspecified atom stereocenters. The third-order valence-corrected chi connectivity index (χ3v) is 1.48. The Morgan fingerprint density at radius 3 is 2.50 bits per heavy atom. The van der Waals surface area contributed by atoms with Crippen molar-refractivity contribution in [3.63, 3.8) is 0 Å². The zero-order chi connectivity index (χ0) is 6.57. The normalized spacial score (nSPS) is 13.2. The van der Waals surface area contributed by atoms with Gasteiger partial charge >= 0.3 is 0 Å². The Kier molecular flexibility index (Phi) is 3.79. The van der Waals surface area contributed by atoms with Crippen LogP contribution in [-0.2, 0) is 0 Å². The van der Waals surface area contributed by atoms with Crippen molar-refractivity contribution in [2.75, 3.05) is 0 Å². The van der Waals surface area contributed by atoms with Gasteiger partial charge in [-0.1, -0.05) is 13.3 Å². The third kappa shape index (κ3) is 2.97. The second-order valence-corrected chi connectivity index (χ2v) is 2.39. The van der Waals surface area contributed by atoms with Gasteiger partial charge in [0.1, 0.15) is 0 Å². The number of thiol groups is 1. The van der Waals surface area contributed by atoms with E-state index < -0.39 is 0 Å². The first-order valence-corrected chi connectivity index (χ1v) is 3.24. The molecule has 8 heavy (non-hydrogen) atoms. The molecule has 0 aliphatic carbocycles. The highest BCUT2D eigenvalue weighted by Gasteiger charge is 1.94. The predicted octanol–water partition coefficient (Wildman–Crippen LogP) is 0.959. The quantitative estimate of drug-likeness (QED) is 0.447. The Hall–Kier alpha value is -0.110. The highest BCUT2D eigenvalue weighted by molar-refractivity contribution is 7.81. The van der Waals surface area contributed by atoms with Crippen molar-refractivity contribution in [2.45, 2.75) is 25.0 Å². The molecule has 0 aromatic rings. The van der Waals surface area contributed by atoms with Crippen molar-refractivity contribution in [1.82, 2.24) is 0 Å². The van der Waals surface area contributed by atoms with Crippen LogP contribution in [0.2, 0.25) is 0 Å². The van der Waals surface area contributed by atoms with E-state index in [0.717, 1.165) is 12.8 Å².